The van der Waals surface area contributed by atoms with Crippen LogP contribution in [0.4, 0.5) is 0 Å². The van der Waals surface area contributed by atoms with Crippen LogP contribution in [0.2, 0.25) is 0 Å². The molecule has 6 nitrogen and oxygen atoms in total. The van der Waals surface area contributed by atoms with Crippen LogP contribution in [0.25, 0.3) is 5.53 Å². The summed E-state index contributed by atoms with van der Waals surface area (Å²) < 4.78 is 44.7. The molecule has 0 aromatic heterocycles. The largest absolute Gasteiger partial charge is 0.371 e. The van der Waals surface area contributed by atoms with Crippen molar-refractivity contribution in [2.24, 2.45) is 0 Å². The van der Waals surface area contributed by atoms with Crippen molar-refractivity contribution in [1.82, 2.24) is 0 Å². The zero-order valence-corrected chi connectivity index (χ0v) is 10.00. The van der Waals surface area contributed by atoms with Gasteiger partial charge in [-0.1, -0.05) is 23.8 Å². The lowest BCUT2D eigenvalue weighted by molar-refractivity contribution is 0.00753. The predicted octanol–water partition coefficient (Wildman–Crippen LogP) is -0.228. The molecule has 0 spiro atoms. The number of hydrogen-bond donors (Lipinski definition) is 0. The van der Waals surface area contributed by atoms with E-state index in [9.17, 15) is 16.8 Å². The third-order valence-electron chi connectivity index (χ3n) is 1.75. The Bertz CT molecular complexity index is 643. The highest BCUT2D eigenvalue weighted by Gasteiger charge is 2.34. The van der Waals surface area contributed by atoms with Crippen LogP contribution in [0.15, 0.2) is 23.3 Å². The number of halogens is 1. The molecule has 16 heavy (non-hydrogen) atoms. The first-order valence-electron chi connectivity index (χ1n) is 3.82. The molecule has 1 unspecified atom stereocenters. The van der Waals surface area contributed by atoms with Gasteiger partial charge in [-0.3, -0.25) is 0 Å². The van der Waals surface area contributed by atoms with Crippen molar-refractivity contribution in [3.63, 3.8) is 0 Å². The van der Waals surface area contributed by atoms with Crippen LogP contribution in [0.3, 0.4) is 0 Å². The molecule has 1 rings (SSSR count). The van der Waals surface area contributed by atoms with Gasteiger partial charge in [-0.15, -0.1) is 0 Å². The standard InChI is InChI=1S/C7H5ClN2O4S2/c8-5-2-1-3-6(7(5)15(11)12)16(13,14)4-10-9/h1-4,6H. The van der Waals surface area contributed by atoms with Crippen LogP contribution < -0.4 is 0 Å². The summed E-state index contributed by atoms with van der Waals surface area (Å²) in [6.45, 7) is 0. The van der Waals surface area contributed by atoms with Gasteiger partial charge >= 0.3 is 5.55 Å². The van der Waals surface area contributed by atoms with Gasteiger partial charge < -0.3 is 5.53 Å². The van der Waals surface area contributed by atoms with Gasteiger partial charge in [0.25, 0.3) is 9.84 Å². The SMILES string of the molecule is [N-]=[N+]=CS(=O)(=O)C1C=CC=C(Cl)C1=S(=O)=O. The Labute approximate surface area is 97.9 Å². The number of sulfone groups is 1. The smallest absolute Gasteiger partial charge is 0.361 e. The number of nitrogens with zero attached hydrogens (tertiary/aromatic N) is 2. The van der Waals surface area contributed by atoms with E-state index in [4.69, 9.17) is 17.1 Å². The second-order valence-electron chi connectivity index (χ2n) is 2.73. The van der Waals surface area contributed by atoms with Crippen molar-refractivity contribution < 1.29 is 21.6 Å². The van der Waals surface area contributed by atoms with Crippen molar-refractivity contribution in [3.05, 3.63) is 28.8 Å². The summed E-state index contributed by atoms with van der Waals surface area (Å²) >= 11 is 5.59. The van der Waals surface area contributed by atoms with Crippen molar-refractivity contribution in [1.29, 1.82) is 0 Å². The minimum Gasteiger partial charge on any atom is -0.361 e. The molecule has 0 radical (unpaired) electrons. The molecule has 0 fully saturated rings. The maximum atomic E-state index is 11.5. The molecule has 0 saturated carbocycles. The Kier molecular flexibility index (Phi) is 3.82. The first-order chi connectivity index (χ1) is 7.40. The highest BCUT2D eigenvalue weighted by molar-refractivity contribution is 8.06. The maximum absolute atomic E-state index is 11.5. The summed E-state index contributed by atoms with van der Waals surface area (Å²) in [6, 6.07) is 0. The molecule has 0 heterocycles. The Morgan fingerprint density at radius 3 is 2.62 bits per heavy atom. The van der Waals surface area contributed by atoms with E-state index < -0.39 is 30.2 Å². The van der Waals surface area contributed by atoms with Gasteiger partial charge in [-0.2, -0.15) is 13.2 Å². The predicted molar refractivity (Wildman–Crippen MR) is 59.4 cm³/mol. The van der Waals surface area contributed by atoms with E-state index >= 15 is 0 Å². The summed E-state index contributed by atoms with van der Waals surface area (Å²) in [4.78, 5) is 1.91. The molecule has 0 amide bonds. The van der Waals surface area contributed by atoms with Gasteiger partial charge in [0.15, 0.2) is 0 Å². The second kappa shape index (κ2) is 4.75. The van der Waals surface area contributed by atoms with Gasteiger partial charge in [0, 0.05) is 0 Å². The van der Waals surface area contributed by atoms with Crippen LogP contribution >= 0.6 is 11.6 Å². The van der Waals surface area contributed by atoms with Crippen molar-refractivity contribution in [2.75, 3.05) is 0 Å². The summed E-state index contributed by atoms with van der Waals surface area (Å²) in [7, 11) is -6.81. The maximum Gasteiger partial charge on any atom is 0.371 e. The molecular weight excluding hydrogens is 276 g/mol. The molecule has 0 bridgehead atoms. The van der Waals surface area contributed by atoms with E-state index in [0.717, 1.165) is 6.08 Å². The Morgan fingerprint density at radius 2 is 2.12 bits per heavy atom. The van der Waals surface area contributed by atoms with Gasteiger partial charge in [0.1, 0.15) is 10.1 Å². The third kappa shape index (κ3) is 2.48. The summed E-state index contributed by atoms with van der Waals surface area (Å²) in [5.74, 6) is 0. The van der Waals surface area contributed by atoms with Gasteiger partial charge in [-0.25, -0.2) is 8.42 Å². The normalized spacial score (nSPS) is 19.9. The van der Waals surface area contributed by atoms with Crippen LogP contribution in [-0.4, -0.2) is 37.3 Å². The van der Waals surface area contributed by atoms with Crippen LogP contribution in [0.5, 0.6) is 0 Å². The molecule has 1 aliphatic rings. The molecular formula is C7H5ClN2O4S2. The van der Waals surface area contributed by atoms with E-state index in [-0.39, 0.29) is 10.6 Å². The lowest BCUT2D eigenvalue weighted by atomic mass is 10.2. The van der Waals surface area contributed by atoms with Gasteiger partial charge in [-0.05, 0) is 6.08 Å². The Morgan fingerprint density at radius 1 is 1.50 bits per heavy atom. The minimum absolute atomic E-state index is 0.184. The molecule has 0 aromatic carbocycles. The van der Waals surface area contributed by atoms with Crippen molar-refractivity contribution in [3.8, 4) is 0 Å². The zero-order valence-electron chi connectivity index (χ0n) is 7.61. The van der Waals surface area contributed by atoms with Crippen LogP contribution in [-0.2, 0) is 20.1 Å². The molecule has 0 aromatic rings. The van der Waals surface area contributed by atoms with E-state index in [1.54, 1.807) is 0 Å². The highest BCUT2D eigenvalue weighted by atomic mass is 35.5. The molecule has 0 N–H and O–H groups in total. The second-order valence-corrected chi connectivity index (χ2v) is 5.94. The lowest BCUT2D eigenvalue weighted by Gasteiger charge is -2.11. The fraction of sp³-hybridized carbons (Fsp3) is 0.143. The average molecular weight is 281 g/mol. The molecule has 9 heteroatoms. The first-order valence-corrected chi connectivity index (χ1v) is 6.88. The Hall–Kier alpha value is -1.21. The fourth-order valence-electron chi connectivity index (χ4n) is 1.11. The monoisotopic (exact) mass is 280 g/mol. The molecule has 0 saturated heterocycles. The topological polar surface area (TPSA) is 105 Å². The quantitative estimate of drug-likeness (QED) is 0.229. The van der Waals surface area contributed by atoms with Crippen molar-refractivity contribution in [2.45, 2.75) is 5.25 Å². The summed E-state index contributed by atoms with van der Waals surface area (Å²) in [6.07, 6.45) is 3.70. The minimum atomic E-state index is -4.04. The first kappa shape index (κ1) is 12.9. The molecule has 1 aliphatic carbocycles. The molecule has 86 valence electrons. The lowest BCUT2D eigenvalue weighted by Crippen LogP contribution is -2.31. The average Bonchev–Trinajstić information content (AvgIpc) is 2.16. The van der Waals surface area contributed by atoms with E-state index in [1.165, 1.54) is 12.2 Å². The van der Waals surface area contributed by atoms with E-state index in [1.807, 2.05) is 0 Å². The van der Waals surface area contributed by atoms with Gasteiger partial charge in [0.2, 0.25) is 10.3 Å². The van der Waals surface area contributed by atoms with Crippen LogP contribution in [0, 0.1) is 0 Å². The number of rotatable bonds is 2. The zero-order chi connectivity index (χ0) is 12.3. The number of hydrogen-bond acceptors (Lipinski definition) is 4. The number of allylic oxidation sites excluding steroid dienone is 3. The van der Waals surface area contributed by atoms with E-state index in [0.29, 0.717) is 0 Å². The van der Waals surface area contributed by atoms with Gasteiger partial charge in [0.05, 0.1) is 5.03 Å². The fourth-order valence-corrected chi connectivity index (χ4v) is 3.69. The molecule has 1 atom stereocenters. The van der Waals surface area contributed by atoms with Crippen molar-refractivity contribution >= 4 is 42.1 Å². The Balaban J connectivity index is 3.50. The van der Waals surface area contributed by atoms with Crippen LogP contribution in [0.1, 0.15) is 0 Å². The molecule has 0 aliphatic heterocycles. The summed E-state index contributed by atoms with van der Waals surface area (Å²) in [5, 5.41) is -1.64. The highest BCUT2D eigenvalue weighted by Crippen LogP contribution is 2.18. The third-order valence-corrected chi connectivity index (χ3v) is 4.66. The van der Waals surface area contributed by atoms with E-state index in [2.05, 4.69) is 4.79 Å². The summed E-state index contributed by atoms with van der Waals surface area (Å²) in [5.41, 5.74) is 8.45.